The molecule has 0 bridgehead atoms. The van der Waals surface area contributed by atoms with Crippen molar-refractivity contribution in [1.82, 2.24) is 0 Å². The maximum Gasteiger partial charge on any atom is 0.0818 e. The number of hydrogen-bond acceptors (Lipinski definition) is 1. The van der Waals surface area contributed by atoms with Gasteiger partial charge in [-0.25, -0.2) is 0 Å². The van der Waals surface area contributed by atoms with Gasteiger partial charge in [0.15, 0.2) is 0 Å². The Morgan fingerprint density at radius 2 is 1.52 bits per heavy atom. The normalized spacial score (nSPS) is 19.7. The van der Waals surface area contributed by atoms with Crippen LogP contribution in [0.5, 0.6) is 0 Å². The first-order valence-corrected chi connectivity index (χ1v) is 11.7. The van der Waals surface area contributed by atoms with Gasteiger partial charge in [0.25, 0.3) is 0 Å². The van der Waals surface area contributed by atoms with Crippen LogP contribution in [0.2, 0.25) is 0 Å². The molecule has 160 valence electrons. The van der Waals surface area contributed by atoms with Crippen molar-refractivity contribution in [3.05, 3.63) is 96.6 Å². The van der Waals surface area contributed by atoms with Gasteiger partial charge in [0.05, 0.1) is 6.10 Å². The molecule has 1 aliphatic rings. The van der Waals surface area contributed by atoms with Gasteiger partial charge in [0.2, 0.25) is 0 Å². The standard InChI is InChI=1S/C30H34O/c1-4-22-11-13-26(14-12-22)29-21-27(30(5-2)31-3)19-20-28(29)25-17-15-24(16-18-25)23-9-7-6-8-10-23/h4,6-10,15-22,26,30H,1,5,11-14H2,2-3H3. The Bertz CT molecular complexity index is 975. The molecule has 0 radical (unpaired) electrons. The summed E-state index contributed by atoms with van der Waals surface area (Å²) in [5.41, 5.74) is 7.99. The second-order valence-corrected chi connectivity index (χ2v) is 8.77. The monoisotopic (exact) mass is 410 g/mol. The molecule has 1 fully saturated rings. The molecule has 4 rings (SSSR count). The number of rotatable bonds is 7. The van der Waals surface area contributed by atoms with Crippen molar-refractivity contribution in [3.63, 3.8) is 0 Å². The summed E-state index contributed by atoms with van der Waals surface area (Å²) in [5.74, 6) is 1.28. The summed E-state index contributed by atoms with van der Waals surface area (Å²) >= 11 is 0. The molecule has 1 unspecified atom stereocenters. The molecule has 1 aliphatic carbocycles. The van der Waals surface area contributed by atoms with E-state index in [9.17, 15) is 0 Å². The fourth-order valence-corrected chi connectivity index (χ4v) is 5.06. The van der Waals surface area contributed by atoms with E-state index in [1.165, 1.54) is 59.1 Å². The van der Waals surface area contributed by atoms with Crippen LogP contribution < -0.4 is 0 Å². The number of benzene rings is 3. The van der Waals surface area contributed by atoms with E-state index in [4.69, 9.17) is 4.74 Å². The Kier molecular flexibility index (Phi) is 7.04. The number of methoxy groups -OCH3 is 1. The molecule has 0 N–H and O–H groups in total. The summed E-state index contributed by atoms with van der Waals surface area (Å²) in [5, 5.41) is 0. The van der Waals surface area contributed by atoms with Crippen LogP contribution in [0.25, 0.3) is 22.3 Å². The minimum Gasteiger partial charge on any atom is -0.377 e. The lowest BCUT2D eigenvalue weighted by atomic mass is 9.76. The fraction of sp³-hybridized carbons (Fsp3) is 0.333. The van der Waals surface area contributed by atoms with Crippen LogP contribution in [0, 0.1) is 5.92 Å². The summed E-state index contributed by atoms with van der Waals surface area (Å²) in [6.07, 6.45) is 8.26. The molecule has 1 nitrogen and oxygen atoms in total. The summed E-state index contributed by atoms with van der Waals surface area (Å²) in [7, 11) is 1.82. The van der Waals surface area contributed by atoms with Gasteiger partial charge in [-0.15, -0.1) is 6.58 Å². The van der Waals surface area contributed by atoms with E-state index >= 15 is 0 Å². The number of ether oxygens (including phenoxy) is 1. The first-order valence-electron chi connectivity index (χ1n) is 11.7. The molecular formula is C30H34O. The summed E-state index contributed by atoms with van der Waals surface area (Å²) in [6.45, 7) is 6.22. The van der Waals surface area contributed by atoms with Crippen molar-refractivity contribution in [1.29, 1.82) is 0 Å². The van der Waals surface area contributed by atoms with E-state index in [0.717, 1.165) is 6.42 Å². The van der Waals surface area contributed by atoms with Gasteiger partial charge >= 0.3 is 0 Å². The molecule has 0 amide bonds. The first-order chi connectivity index (χ1) is 15.2. The third kappa shape index (κ3) is 4.83. The van der Waals surface area contributed by atoms with Crippen LogP contribution in [0.4, 0.5) is 0 Å². The van der Waals surface area contributed by atoms with E-state index in [1.54, 1.807) is 0 Å². The Morgan fingerprint density at radius 3 is 2.13 bits per heavy atom. The summed E-state index contributed by atoms with van der Waals surface area (Å²) in [6, 6.07) is 26.7. The molecule has 0 heterocycles. The van der Waals surface area contributed by atoms with Crippen molar-refractivity contribution in [2.75, 3.05) is 7.11 Å². The average Bonchev–Trinajstić information content (AvgIpc) is 2.85. The quantitative estimate of drug-likeness (QED) is 0.354. The second kappa shape index (κ2) is 10.1. The third-order valence-corrected chi connectivity index (χ3v) is 6.95. The van der Waals surface area contributed by atoms with E-state index in [0.29, 0.717) is 11.8 Å². The maximum absolute atomic E-state index is 5.76. The average molecular weight is 411 g/mol. The zero-order chi connectivity index (χ0) is 21.6. The summed E-state index contributed by atoms with van der Waals surface area (Å²) in [4.78, 5) is 0. The summed E-state index contributed by atoms with van der Waals surface area (Å²) < 4.78 is 5.76. The third-order valence-electron chi connectivity index (χ3n) is 6.95. The predicted molar refractivity (Wildman–Crippen MR) is 132 cm³/mol. The van der Waals surface area contributed by atoms with Crippen molar-refractivity contribution >= 4 is 0 Å². The molecular weight excluding hydrogens is 376 g/mol. The van der Waals surface area contributed by atoms with Gasteiger partial charge in [0, 0.05) is 7.11 Å². The van der Waals surface area contributed by atoms with Crippen LogP contribution in [-0.4, -0.2) is 7.11 Å². The van der Waals surface area contributed by atoms with Crippen LogP contribution in [0.3, 0.4) is 0 Å². The van der Waals surface area contributed by atoms with E-state index < -0.39 is 0 Å². The molecule has 0 aliphatic heterocycles. The van der Waals surface area contributed by atoms with Crippen molar-refractivity contribution < 1.29 is 4.74 Å². The molecule has 1 heteroatoms. The van der Waals surface area contributed by atoms with Gasteiger partial charge in [-0.3, -0.25) is 0 Å². The molecule has 0 saturated heterocycles. The Balaban J connectivity index is 1.70. The van der Waals surface area contributed by atoms with Crippen molar-refractivity contribution in [3.8, 4) is 22.3 Å². The molecule has 0 aromatic heterocycles. The highest BCUT2D eigenvalue weighted by Crippen LogP contribution is 2.42. The lowest BCUT2D eigenvalue weighted by molar-refractivity contribution is 0.0999. The Morgan fingerprint density at radius 1 is 0.871 bits per heavy atom. The molecule has 3 aromatic carbocycles. The zero-order valence-corrected chi connectivity index (χ0v) is 18.9. The zero-order valence-electron chi connectivity index (χ0n) is 18.9. The number of allylic oxidation sites excluding steroid dienone is 1. The van der Waals surface area contributed by atoms with Crippen LogP contribution in [0.15, 0.2) is 85.5 Å². The smallest absolute Gasteiger partial charge is 0.0818 e. The highest BCUT2D eigenvalue weighted by atomic mass is 16.5. The number of hydrogen-bond donors (Lipinski definition) is 0. The van der Waals surface area contributed by atoms with Crippen molar-refractivity contribution in [2.24, 2.45) is 5.92 Å². The topological polar surface area (TPSA) is 9.23 Å². The molecule has 31 heavy (non-hydrogen) atoms. The van der Waals surface area contributed by atoms with Crippen molar-refractivity contribution in [2.45, 2.75) is 51.0 Å². The Hall–Kier alpha value is -2.64. The highest BCUT2D eigenvalue weighted by molar-refractivity contribution is 5.73. The predicted octanol–water partition coefficient (Wildman–Crippen LogP) is 8.58. The van der Waals surface area contributed by atoms with Crippen LogP contribution in [-0.2, 0) is 4.74 Å². The van der Waals surface area contributed by atoms with Crippen LogP contribution >= 0.6 is 0 Å². The van der Waals surface area contributed by atoms with E-state index in [-0.39, 0.29) is 6.10 Å². The lowest BCUT2D eigenvalue weighted by Gasteiger charge is -2.29. The minimum absolute atomic E-state index is 0.165. The van der Waals surface area contributed by atoms with Gasteiger partial charge in [-0.2, -0.15) is 0 Å². The minimum atomic E-state index is 0.165. The van der Waals surface area contributed by atoms with Crippen LogP contribution in [0.1, 0.15) is 62.2 Å². The lowest BCUT2D eigenvalue weighted by Crippen LogP contribution is -2.13. The fourth-order valence-electron chi connectivity index (χ4n) is 5.06. The molecule has 3 aromatic rings. The Labute approximate surface area is 187 Å². The maximum atomic E-state index is 5.76. The van der Waals surface area contributed by atoms with Gasteiger partial charge in [-0.05, 0) is 77.3 Å². The van der Waals surface area contributed by atoms with Gasteiger partial charge < -0.3 is 4.74 Å². The van der Waals surface area contributed by atoms with E-state index in [2.05, 4.69) is 92.4 Å². The highest BCUT2D eigenvalue weighted by Gasteiger charge is 2.24. The molecule has 1 saturated carbocycles. The first kappa shape index (κ1) is 21.6. The SMILES string of the molecule is C=CC1CCC(c2cc(C(CC)OC)ccc2-c2ccc(-c3ccccc3)cc2)CC1. The second-order valence-electron chi connectivity index (χ2n) is 8.77. The largest absolute Gasteiger partial charge is 0.377 e. The molecule has 1 atom stereocenters. The van der Waals surface area contributed by atoms with Gasteiger partial charge in [-0.1, -0.05) is 85.8 Å². The molecule has 0 spiro atoms. The van der Waals surface area contributed by atoms with E-state index in [1.807, 2.05) is 7.11 Å². The van der Waals surface area contributed by atoms with Gasteiger partial charge in [0.1, 0.15) is 0 Å².